The van der Waals surface area contributed by atoms with Crippen LogP contribution < -0.4 is 0 Å². The molecule has 0 atom stereocenters. The Morgan fingerprint density at radius 2 is 1.86 bits per heavy atom. The van der Waals surface area contributed by atoms with E-state index in [1.54, 1.807) is 0 Å². The number of para-hydroxylation sites is 1. The monoisotopic (exact) mass is 402 g/mol. The normalized spacial score (nSPS) is 11.5. The summed E-state index contributed by atoms with van der Waals surface area (Å²) in [6, 6.07) is 17.1. The van der Waals surface area contributed by atoms with E-state index in [0.717, 1.165) is 28.3 Å². The molecule has 1 aromatic heterocycles. The van der Waals surface area contributed by atoms with Gasteiger partial charge in [0.25, 0.3) is 10.1 Å². The molecule has 3 rings (SSSR count). The second kappa shape index (κ2) is 8.90. The minimum absolute atomic E-state index is 0.0811. The Labute approximate surface area is 164 Å². The predicted octanol–water partition coefficient (Wildman–Crippen LogP) is 3.28. The van der Waals surface area contributed by atoms with Crippen molar-refractivity contribution in [3.63, 3.8) is 0 Å². The molecule has 1 amide bonds. The van der Waals surface area contributed by atoms with Crippen LogP contribution in [0, 0.1) is 0 Å². The van der Waals surface area contributed by atoms with E-state index in [2.05, 4.69) is 4.98 Å². The molecule has 0 fully saturated rings. The molecule has 0 spiro atoms. The largest absolute Gasteiger partial charge is 0.445 e. The molecular formula is C20H22N2O5S. The second-order valence-electron chi connectivity index (χ2n) is 6.35. The third-order valence-corrected chi connectivity index (χ3v) is 4.75. The highest BCUT2D eigenvalue weighted by atomic mass is 32.2. The van der Waals surface area contributed by atoms with Gasteiger partial charge < -0.3 is 14.6 Å². The summed E-state index contributed by atoms with van der Waals surface area (Å²) < 4.78 is 32.7. The Morgan fingerprint density at radius 1 is 1.07 bits per heavy atom. The fourth-order valence-electron chi connectivity index (χ4n) is 2.83. The number of aromatic nitrogens is 1. The summed E-state index contributed by atoms with van der Waals surface area (Å²) in [4.78, 5) is 17.2. The van der Waals surface area contributed by atoms with Crippen molar-refractivity contribution >= 4 is 27.1 Å². The maximum Gasteiger partial charge on any atom is 0.410 e. The molecule has 0 saturated heterocycles. The maximum atomic E-state index is 12.6. The van der Waals surface area contributed by atoms with Gasteiger partial charge in [0.2, 0.25) is 0 Å². The van der Waals surface area contributed by atoms with Gasteiger partial charge in [-0.1, -0.05) is 48.5 Å². The van der Waals surface area contributed by atoms with Gasteiger partial charge in [0, 0.05) is 12.7 Å². The molecule has 28 heavy (non-hydrogen) atoms. The van der Waals surface area contributed by atoms with E-state index in [1.165, 1.54) is 4.90 Å². The zero-order valence-corrected chi connectivity index (χ0v) is 16.3. The van der Waals surface area contributed by atoms with Crippen LogP contribution in [0.3, 0.4) is 0 Å². The van der Waals surface area contributed by atoms with Crippen molar-refractivity contribution in [3.05, 3.63) is 71.9 Å². The first-order valence-corrected chi connectivity index (χ1v) is 10.6. The number of ether oxygens (including phenoxy) is 1. The number of carbonyl (C=O) groups excluding carboxylic acids is 1. The van der Waals surface area contributed by atoms with Gasteiger partial charge in [-0.3, -0.25) is 4.18 Å². The number of rotatable bonds is 8. The molecule has 0 saturated carbocycles. The molecule has 0 aliphatic carbocycles. The van der Waals surface area contributed by atoms with Crippen molar-refractivity contribution in [1.29, 1.82) is 0 Å². The lowest BCUT2D eigenvalue weighted by molar-refractivity contribution is 0.0882. The van der Waals surface area contributed by atoms with Crippen LogP contribution >= 0.6 is 0 Å². The molecule has 3 aromatic rings. The van der Waals surface area contributed by atoms with Gasteiger partial charge in [0.15, 0.2) is 0 Å². The fraction of sp³-hybridized carbons (Fsp3) is 0.250. The van der Waals surface area contributed by atoms with Crippen molar-refractivity contribution in [1.82, 2.24) is 9.88 Å². The number of fused-ring (bicyclic) bond motifs is 1. The van der Waals surface area contributed by atoms with E-state index in [9.17, 15) is 13.2 Å². The van der Waals surface area contributed by atoms with Gasteiger partial charge in [0.05, 0.1) is 24.9 Å². The SMILES string of the molecule is CS(=O)(=O)OCCN(Cc1cccc2cc[nH]c12)C(=O)OCc1ccccc1. The van der Waals surface area contributed by atoms with E-state index >= 15 is 0 Å². The van der Waals surface area contributed by atoms with Crippen LogP contribution in [0.15, 0.2) is 60.8 Å². The third-order valence-electron chi connectivity index (χ3n) is 4.16. The molecule has 1 heterocycles. The van der Waals surface area contributed by atoms with E-state index in [0.29, 0.717) is 0 Å². The Hall–Kier alpha value is -2.84. The molecule has 0 unspecified atom stereocenters. The lowest BCUT2D eigenvalue weighted by Gasteiger charge is -2.22. The fourth-order valence-corrected chi connectivity index (χ4v) is 3.21. The summed E-state index contributed by atoms with van der Waals surface area (Å²) in [5.41, 5.74) is 2.69. The molecule has 2 aromatic carbocycles. The molecule has 7 nitrogen and oxygen atoms in total. The topological polar surface area (TPSA) is 88.7 Å². The van der Waals surface area contributed by atoms with E-state index < -0.39 is 16.2 Å². The van der Waals surface area contributed by atoms with Crippen LogP contribution in [0.1, 0.15) is 11.1 Å². The molecule has 0 aliphatic heterocycles. The molecule has 1 N–H and O–H groups in total. The lowest BCUT2D eigenvalue weighted by atomic mass is 10.1. The van der Waals surface area contributed by atoms with Crippen LogP contribution in [-0.2, 0) is 32.2 Å². The molecule has 0 radical (unpaired) electrons. The van der Waals surface area contributed by atoms with Crippen molar-refractivity contribution in [3.8, 4) is 0 Å². The summed E-state index contributed by atoms with van der Waals surface area (Å²) in [5.74, 6) is 0. The quantitative estimate of drug-likeness (QED) is 0.584. The van der Waals surface area contributed by atoms with Gasteiger partial charge in [-0.25, -0.2) is 4.79 Å². The predicted molar refractivity (Wildman–Crippen MR) is 106 cm³/mol. The summed E-state index contributed by atoms with van der Waals surface area (Å²) >= 11 is 0. The minimum atomic E-state index is -3.58. The molecular weight excluding hydrogens is 380 g/mol. The van der Waals surface area contributed by atoms with Gasteiger partial charge in [-0.2, -0.15) is 8.42 Å². The molecule has 8 heteroatoms. The Balaban J connectivity index is 1.72. The van der Waals surface area contributed by atoms with Crippen LogP contribution in [0.5, 0.6) is 0 Å². The second-order valence-corrected chi connectivity index (χ2v) is 7.99. The first-order chi connectivity index (χ1) is 13.4. The lowest BCUT2D eigenvalue weighted by Crippen LogP contribution is -2.34. The Kier molecular flexibility index (Phi) is 6.33. The Morgan fingerprint density at radius 3 is 2.61 bits per heavy atom. The molecule has 148 valence electrons. The number of hydrogen-bond donors (Lipinski definition) is 1. The summed E-state index contributed by atoms with van der Waals surface area (Å²) in [6.45, 7) is 0.339. The average molecular weight is 402 g/mol. The number of aromatic amines is 1. The number of amides is 1. The molecule has 0 aliphatic rings. The van der Waals surface area contributed by atoms with Gasteiger partial charge in [-0.05, 0) is 22.6 Å². The summed E-state index contributed by atoms with van der Waals surface area (Å²) in [6.07, 6.45) is 2.27. The van der Waals surface area contributed by atoms with E-state index in [4.69, 9.17) is 8.92 Å². The number of benzene rings is 2. The van der Waals surface area contributed by atoms with Crippen LogP contribution in [0.25, 0.3) is 10.9 Å². The maximum absolute atomic E-state index is 12.6. The smallest absolute Gasteiger partial charge is 0.410 e. The van der Waals surface area contributed by atoms with E-state index in [1.807, 2.05) is 60.8 Å². The van der Waals surface area contributed by atoms with Gasteiger partial charge in [0.1, 0.15) is 6.61 Å². The third kappa shape index (κ3) is 5.58. The number of carbonyl (C=O) groups is 1. The molecule has 0 bridgehead atoms. The van der Waals surface area contributed by atoms with Gasteiger partial charge >= 0.3 is 6.09 Å². The highest BCUT2D eigenvalue weighted by Crippen LogP contribution is 2.19. The van der Waals surface area contributed by atoms with Crippen molar-refractivity contribution in [2.75, 3.05) is 19.4 Å². The van der Waals surface area contributed by atoms with Crippen molar-refractivity contribution in [2.24, 2.45) is 0 Å². The van der Waals surface area contributed by atoms with Crippen molar-refractivity contribution < 1.29 is 22.1 Å². The highest BCUT2D eigenvalue weighted by molar-refractivity contribution is 7.85. The highest BCUT2D eigenvalue weighted by Gasteiger charge is 2.18. The average Bonchev–Trinajstić information content (AvgIpc) is 3.15. The zero-order valence-electron chi connectivity index (χ0n) is 15.5. The van der Waals surface area contributed by atoms with Gasteiger partial charge in [-0.15, -0.1) is 0 Å². The Bertz CT molecular complexity index is 1030. The first-order valence-electron chi connectivity index (χ1n) is 8.77. The van der Waals surface area contributed by atoms with Crippen LogP contribution in [0.2, 0.25) is 0 Å². The minimum Gasteiger partial charge on any atom is -0.445 e. The summed E-state index contributed by atoms with van der Waals surface area (Å²) in [5, 5.41) is 1.03. The standard InChI is InChI=1S/C20H22N2O5S/c1-28(24,25)27-13-12-22(20(23)26-15-16-6-3-2-4-7-16)14-18-9-5-8-17-10-11-21-19(17)18/h2-11,21H,12-15H2,1H3. The summed E-state index contributed by atoms with van der Waals surface area (Å²) in [7, 11) is -3.58. The number of nitrogens with zero attached hydrogens (tertiary/aromatic N) is 1. The number of H-pyrrole nitrogens is 1. The van der Waals surface area contributed by atoms with Crippen LogP contribution in [0.4, 0.5) is 4.79 Å². The number of hydrogen-bond acceptors (Lipinski definition) is 5. The first kappa shape index (κ1) is 19.9. The zero-order chi connectivity index (χ0) is 20.0. The van der Waals surface area contributed by atoms with E-state index in [-0.39, 0.29) is 26.3 Å². The van der Waals surface area contributed by atoms with Crippen molar-refractivity contribution in [2.45, 2.75) is 13.2 Å². The number of nitrogens with one attached hydrogen (secondary N) is 1. The van der Waals surface area contributed by atoms with Crippen LogP contribution in [-0.4, -0.2) is 43.8 Å².